The zero-order valence-electron chi connectivity index (χ0n) is 22.5. The van der Waals surface area contributed by atoms with Crippen molar-refractivity contribution < 1.29 is 14.6 Å². The Labute approximate surface area is 206 Å². The summed E-state index contributed by atoms with van der Waals surface area (Å²) in [6.07, 6.45) is 3.64. The fraction of sp³-hybridized carbons (Fsp3) is 0.615. The molecule has 8 nitrogen and oxygen atoms in total. The molecule has 0 bridgehead atoms. The lowest BCUT2D eigenvalue weighted by molar-refractivity contribution is 0.0286. The number of hydrazone groups is 1. The van der Waals surface area contributed by atoms with Gasteiger partial charge in [-0.25, -0.2) is 4.79 Å². The molecule has 0 aromatic heterocycles. The van der Waals surface area contributed by atoms with Gasteiger partial charge in [0.1, 0.15) is 11.2 Å². The van der Waals surface area contributed by atoms with E-state index in [1.54, 1.807) is 18.9 Å². The van der Waals surface area contributed by atoms with Crippen molar-refractivity contribution in [1.82, 2.24) is 20.5 Å². The first kappa shape index (κ1) is 29.5. The van der Waals surface area contributed by atoms with E-state index in [-0.39, 0.29) is 12.1 Å². The number of carbonyl (C=O) groups excluding carboxylic acids is 1. The van der Waals surface area contributed by atoms with E-state index in [1.165, 1.54) is 6.21 Å². The van der Waals surface area contributed by atoms with Gasteiger partial charge in [-0.15, -0.1) is 0 Å². The highest BCUT2D eigenvalue weighted by Gasteiger charge is 2.20. The van der Waals surface area contributed by atoms with E-state index in [2.05, 4.69) is 32.9 Å². The third-order valence-electron chi connectivity index (χ3n) is 4.88. The van der Waals surface area contributed by atoms with E-state index in [0.29, 0.717) is 13.0 Å². The van der Waals surface area contributed by atoms with Gasteiger partial charge in [-0.05, 0) is 65.8 Å². The smallest absolute Gasteiger partial charge is 0.410 e. The average molecular weight is 476 g/mol. The highest BCUT2D eigenvalue weighted by Crippen LogP contribution is 2.18. The predicted octanol–water partition coefficient (Wildman–Crippen LogP) is 3.67. The lowest BCUT2D eigenvalue weighted by Gasteiger charge is -2.26. The summed E-state index contributed by atoms with van der Waals surface area (Å²) >= 11 is 0. The molecule has 34 heavy (non-hydrogen) atoms. The number of hydrogen-bond acceptors (Lipinski definition) is 7. The van der Waals surface area contributed by atoms with E-state index in [1.807, 2.05) is 66.9 Å². The summed E-state index contributed by atoms with van der Waals surface area (Å²) in [5, 5.41) is 17.9. The first-order chi connectivity index (χ1) is 15.7. The Morgan fingerprint density at radius 2 is 1.88 bits per heavy atom. The monoisotopic (exact) mass is 475 g/mol. The predicted molar refractivity (Wildman–Crippen MR) is 141 cm³/mol. The van der Waals surface area contributed by atoms with E-state index in [0.717, 1.165) is 29.9 Å². The number of aliphatic hydroxyl groups is 1. The quantitative estimate of drug-likeness (QED) is 0.316. The molecule has 8 heteroatoms. The van der Waals surface area contributed by atoms with Gasteiger partial charge in [0.25, 0.3) is 0 Å². The second-order valence-corrected chi connectivity index (χ2v) is 10.3. The van der Waals surface area contributed by atoms with Crippen molar-refractivity contribution in [3.8, 4) is 0 Å². The molecule has 0 radical (unpaired) electrons. The Morgan fingerprint density at radius 1 is 1.21 bits per heavy atom. The summed E-state index contributed by atoms with van der Waals surface area (Å²) in [5.74, 6) is 0. The lowest BCUT2D eigenvalue weighted by atomic mass is 10.0. The molecule has 0 aliphatic rings. The summed E-state index contributed by atoms with van der Waals surface area (Å²) in [4.78, 5) is 15.9. The van der Waals surface area contributed by atoms with Crippen LogP contribution in [-0.2, 0) is 11.3 Å². The van der Waals surface area contributed by atoms with Crippen LogP contribution >= 0.6 is 0 Å². The number of nitrogens with zero attached hydrogens (tertiary/aromatic N) is 3. The molecule has 0 aliphatic carbocycles. The topological polar surface area (TPSA) is 89.4 Å². The minimum Gasteiger partial charge on any atom is -0.444 e. The maximum atomic E-state index is 12.1. The standard InChI is InChI=1S/C26H45N5O3/c1-20(2)29-28-19-26(6,33)14-13-23(27-7)22-12-10-11-21(17-22)18-30(8)15-16-31(9)24(32)34-25(3,4)5/h10-13,17,19-20,27,29,33H,14-16,18H2,1-9H3/b23-13-,28-19?. The fourth-order valence-electron chi connectivity index (χ4n) is 3.03. The molecule has 1 unspecified atom stereocenters. The van der Waals surface area contributed by atoms with Gasteiger partial charge >= 0.3 is 6.09 Å². The van der Waals surface area contributed by atoms with Crippen LogP contribution in [-0.4, -0.2) is 78.7 Å². The molecule has 0 aliphatic heterocycles. The highest BCUT2D eigenvalue weighted by molar-refractivity contribution is 5.70. The van der Waals surface area contributed by atoms with Crippen molar-refractivity contribution in [2.45, 2.75) is 71.8 Å². The first-order valence-corrected chi connectivity index (χ1v) is 11.8. The zero-order chi connectivity index (χ0) is 25.9. The fourth-order valence-corrected chi connectivity index (χ4v) is 3.03. The Morgan fingerprint density at radius 3 is 2.47 bits per heavy atom. The number of ether oxygens (including phenoxy) is 1. The van der Waals surface area contributed by atoms with Crippen LogP contribution in [0.2, 0.25) is 0 Å². The molecule has 0 saturated heterocycles. The van der Waals surface area contributed by atoms with Gasteiger partial charge in [-0.1, -0.05) is 24.3 Å². The van der Waals surface area contributed by atoms with Crippen LogP contribution in [0.3, 0.4) is 0 Å². The van der Waals surface area contributed by atoms with Gasteiger partial charge in [0.2, 0.25) is 0 Å². The number of hydrogen-bond donors (Lipinski definition) is 3. The molecule has 1 amide bonds. The van der Waals surface area contributed by atoms with Crippen LogP contribution in [0.25, 0.3) is 5.70 Å². The minimum atomic E-state index is -1.05. The van der Waals surface area contributed by atoms with Gasteiger partial charge in [0.15, 0.2) is 0 Å². The summed E-state index contributed by atoms with van der Waals surface area (Å²) in [5.41, 5.74) is 4.54. The second-order valence-electron chi connectivity index (χ2n) is 10.3. The maximum Gasteiger partial charge on any atom is 0.410 e. The number of benzene rings is 1. The van der Waals surface area contributed by atoms with Gasteiger partial charge in [-0.2, -0.15) is 5.10 Å². The van der Waals surface area contributed by atoms with Crippen LogP contribution in [0, 0.1) is 0 Å². The number of likely N-dealkylation sites (N-methyl/N-ethyl adjacent to an activating group) is 2. The largest absolute Gasteiger partial charge is 0.444 e. The molecule has 192 valence electrons. The first-order valence-electron chi connectivity index (χ1n) is 11.8. The Balaban J connectivity index is 2.74. The van der Waals surface area contributed by atoms with Crippen molar-refractivity contribution in [1.29, 1.82) is 0 Å². The van der Waals surface area contributed by atoms with E-state index in [9.17, 15) is 9.90 Å². The molecule has 1 aromatic carbocycles. The normalized spacial score (nSPS) is 14.4. The summed E-state index contributed by atoms with van der Waals surface area (Å²) < 4.78 is 5.41. The lowest BCUT2D eigenvalue weighted by Crippen LogP contribution is -2.38. The third kappa shape index (κ3) is 12.0. The number of rotatable bonds is 12. The van der Waals surface area contributed by atoms with Crippen molar-refractivity contribution in [2.75, 3.05) is 34.2 Å². The molecule has 3 N–H and O–H groups in total. The van der Waals surface area contributed by atoms with Crippen LogP contribution in [0.5, 0.6) is 0 Å². The van der Waals surface area contributed by atoms with Crippen LogP contribution in [0.15, 0.2) is 35.4 Å². The number of carbonyl (C=O) groups is 1. The summed E-state index contributed by atoms with van der Waals surface area (Å²) in [7, 11) is 5.66. The Hall–Kier alpha value is -2.58. The molecule has 1 rings (SSSR count). The SMILES string of the molecule is CN/C(=C\CC(C)(O)C=NNC(C)C)c1cccc(CN(C)CCN(C)C(=O)OC(C)(C)C)c1. The molecule has 0 spiro atoms. The molecule has 0 saturated carbocycles. The van der Waals surface area contributed by atoms with Gasteiger partial charge < -0.3 is 30.4 Å². The van der Waals surface area contributed by atoms with Crippen LogP contribution in [0.1, 0.15) is 59.1 Å². The van der Waals surface area contributed by atoms with E-state index < -0.39 is 11.2 Å². The zero-order valence-corrected chi connectivity index (χ0v) is 22.5. The van der Waals surface area contributed by atoms with E-state index in [4.69, 9.17) is 4.74 Å². The molecule has 1 atom stereocenters. The number of nitrogens with one attached hydrogen (secondary N) is 2. The minimum absolute atomic E-state index is 0.217. The second kappa shape index (κ2) is 13.3. The Kier molecular flexibility index (Phi) is 11.6. The van der Waals surface area contributed by atoms with Crippen molar-refractivity contribution in [2.24, 2.45) is 5.10 Å². The average Bonchev–Trinajstić information content (AvgIpc) is 2.71. The molecular weight excluding hydrogens is 430 g/mol. The van der Waals surface area contributed by atoms with Crippen LogP contribution in [0.4, 0.5) is 4.79 Å². The van der Waals surface area contributed by atoms with Gasteiger partial charge in [-0.3, -0.25) is 0 Å². The molecule has 1 aromatic rings. The van der Waals surface area contributed by atoms with Gasteiger partial charge in [0.05, 0.1) is 6.21 Å². The van der Waals surface area contributed by atoms with Crippen molar-refractivity contribution in [3.05, 3.63) is 41.5 Å². The molecular formula is C26H45N5O3. The molecule has 0 heterocycles. The van der Waals surface area contributed by atoms with Crippen molar-refractivity contribution in [3.63, 3.8) is 0 Å². The van der Waals surface area contributed by atoms with Crippen molar-refractivity contribution >= 4 is 18.0 Å². The maximum absolute atomic E-state index is 12.1. The summed E-state index contributed by atoms with van der Waals surface area (Å²) in [6.45, 7) is 13.4. The third-order valence-corrected chi connectivity index (χ3v) is 4.88. The van der Waals surface area contributed by atoms with Gasteiger partial charge in [0, 0.05) is 51.9 Å². The van der Waals surface area contributed by atoms with Crippen LogP contribution < -0.4 is 10.7 Å². The highest BCUT2D eigenvalue weighted by atomic mass is 16.6. The molecule has 0 fully saturated rings. The number of amides is 1. The Bertz CT molecular complexity index is 828. The van der Waals surface area contributed by atoms with E-state index >= 15 is 0 Å². The summed E-state index contributed by atoms with van der Waals surface area (Å²) in [6, 6.07) is 8.52.